The molecule has 21 aliphatic rings. The summed E-state index contributed by atoms with van der Waals surface area (Å²) in [4.78, 5) is 23.2. The summed E-state index contributed by atoms with van der Waals surface area (Å²) >= 11 is 0. The minimum absolute atomic E-state index is 0.580. The topological polar surface area (TPSA) is 49.4 Å². The summed E-state index contributed by atoms with van der Waals surface area (Å²) in [6, 6.07) is 0. The van der Waals surface area contributed by atoms with Crippen LogP contribution in [-0.4, -0.2) is 22.8 Å². The zero-order valence-electron chi connectivity index (χ0n) is 38.1. The SMILES string of the molecule is C1=CC2=NC1=CC1=NC(=C(C3C4CC5CC(C4)CC3C5)C3=NC(=CC4=NC(=C2)C=C4)C=C3C2C3CC4CC(C3)CC2C4)C(C2C3CC4CC(C3)CC2C4)=C1C1C2CC3CC(C2)CC1C3. The van der Waals surface area contributed by atoms with E-state index in [9.17, 15) is 0 Å². The zero-order valence-corrected chi connectivity index (χ0v) is 38.1. The van der Waals surface area contributed by atoms with E-state index in [1.54, 1.807) is 16.7 Å². The molecule has 0 N–H and O–H groups in total. The van der Waals surface area contributed by atoms with Crippen LogP contribution in [-0.2, 0) is 0 Å². The van der Waals surface area contributed by atoms with E-state index in [-0.39, 0.29) is 0 Å². The van der Waals surface area contributed by atoms with E-state index >= 15 is 0 Å². The molecule has 0 unspecified atom stereocenters. The standard InChI is InChI=1S/C60H68N4/c1-2-47-26-49-27-50(52-37-9-29-5-30(11-37)12-38(52)10-29)59(63-49)58(55-43-21-35-8-36(23-43)24-44(55)22-35)60-57(54-41-17-33-7-34(19-41)20-42(54)18-33)56(53-39-13-31-6-32(15-39)16-40(53)14-31)51(64-60)28-48-4-3-46(62-48)25-45(1)61-47/h1-4,25-44,52-55H,5-24H2. The van der Waals surface area contributed by atoms with Crippen molar-refractivity contribution in [2.24, 2.45) is 138 Å². The summed E-state index contributed by atoms with van der Waals surface area (Å²) in [5.41, 5.74) is 16.6. The average Bonchev–Trinajstić information content (AvgIpc) is 4.06. The third-order valence-corrected chi connectivity index (χ3v) is 22.9. The predicted octanol–water partition coefficient (Wildman–Crippen LogP) is 13.3. The molecule has 0 aromatic carbocycles. The molecule has 4 nitrogen and oxygen atoms in total. The van der Waals surface area contributed by atoms with Gasteiger partial charge in [0, 0.05) is 5.57 Å². The molecule has 0 aromatic rings. The van der Waals surface area contributed by atoms with Crippen molar-refractivity contribution in [3.05, 3.63) is 93.7 Å². The monoisotopic (exact) mass is 845 g/mol. The lowest BCUT2D eigenvalue weighted by Gasteiger charge is -2.58. The Bertz CT molecular complexity index is 2460. The minimum atomic E-state index is 0.580. The minimum Gasteiger partial charge on any atom is -0.249 e. The fourth-order valence-corrected chi connectivity index (χ4v) is 22.1. The molecular formula is C60H68N4. The van der Waals surface area contributed by atoms with Crippen LogP contribution in [0.4, 0.5) is 0 Å². The van der Waals surface area contributed by atoms with Crippen LogP contribution in [0.15, 0.2) is 114 Å². The average molecular weight is 845 g/mol. The van der Waals surface area contributed by atoms with E-state index in [1.807, 2.05) is 5.57 Å². The first kappa shape index (κ1) is 36.7. The maximum atomic E-state index is 6.47. The third-order valence-electron chi connectivity index (χ3n) is 22.9. The fourth-order valence-electron chi connectivity index (χ4n) is 22.1. The van der Waals surface area contributed by atoms with Crippen LogP contribution in [0.25, 0.3) is 0 Å². The molecule has 5 aliphatic heterocycles. The number of hydrogen-bond donors (Lipinski definition) is 0. The lowest BCUT2D eigenvalue weighted by atomic mass is 9.47. The number of hydrogen-bond acceptors (Lipinski definition) is 4. The van der Waals surface area contributed by atoms with E-state index in [0.717, 1.165) is 118 Å². The third kappa shape index (κ3) is 5.35. The van der Waals surface area contributed by atoms with Crippen LogP contribution in [0.3, 0.4) is 0 Å². The Kier molecular flexibility index (Phi) is 7.56. The van der Waals surface area contributed by atoms with Gasteiger partial charge in [-0.25, -0.2) is 20.0 Å². The van der Waals surface area contributed by atoms with Gasteiger partial charge in [-0.15, -0.1) is 0 Å². The van der Waals surface area contributed by atoms with Gasteiger partial charge in [0.05, 0.1) is 45.6 Å². The number of rotatable bonds is 4. The van der Waals surface area contributed by atoms with Gasteiger partial charge in [0.1, 0.15) is 0 Å². The first-order valence-electron chi connectivity index (χ1n) is 27.6. The molecule has 21 rings (SSSR count). The highest BCUT2D eigenvalue weighted by molar-refractivity contribution is 6.20. The Hall–Kier alpha value is -3.40. The lowest BCUT2D eigenvalue weighted by molar-refractivity contribution is -0.0281. The van der Waals surface area contributed by atoms with Crippen molar-refractivity contribution in [3.63, 3.8) is 0 Å². The van der Waals surface area contributed by atoms with Gasteiger partial charge >= 0.3 is 0 Å². The highest BCUT2D eigenvalue weighted by atomic mass is 14.9. The molecule has 64 heavy (non-hydrogen) atoms. The molecule has 5 heterocycles. The Balaban J connectivity index is 0.954. The molecule has 0 spiro atoms. The van der Waals surface area contributed by atoms with Gasteiger partial charge in [-0.1, -0.05) is 0 Å². The molecule has 328 valence electrons. The van der Waals surface area contributed by atoms with Gasteiger partial charge in [0.15, 0.2) is 0 Å². The van der Waals surface area contributed by atoms with Crippen LogP contribution in [0.5, 0.6) is 0 Å². The first-order valence-corrected chi connectivity index (χ1v) is 27.6. The van der Waals surface area contributed by atoms with Crippen LogP contribution in [0, 0.1) is 118 Å². The van der Waals surface area contributed by atoms with Crippen molar-refractivity contribution in [1.82, 2.24) is 0 Å². The highest BCUT2D eigenvalue weighted by Crippen LogP contribution is 2.67. The zero-order chi connectivity index (χ0) is 41.1. The summed E-state index contributed by atoms with van der Waals surface area (Å²) in [5, 5.41) is 0. The van der Waals surface area contributed by atoms with Gasteiger partial charge in [0.25, 0.3) is 0 Å². The summed E-state index contributed by atoms with van der Waals surface area (Å²) in [6.07, 6.45) is 48.1. The van der Waals surface area contributed by atoms with Gasteiger partial charge in [-0.05, 0) is 312 Å². The number of fused-ring (bicyclic) bond motifs is 4. The summed E-state index contributed by atoms with van der Waals surface area (Å²) < 4.78 is 0. The summed E-state index contributed by atoms with van der Waals surface area (Å²) in [5.74, 6) is 16.7. The number of allylic oxidation sites excluding steroid dienone is 12. The molecule has 16 aliphatic carbocycles. The maximum Gasteiger partial charge on any atom is 0.0732 e. The van der Waals surface area contributed by atoms with Crippen LogP contribution < -0.4 is 0 Å². The molecule has 0 radical (unpaired) electrons. The molecule has 0 amide bonds. The fraction of sp³-hybridized carbons (Fsp3) is 0.667. The normalized spacial score (nSPS) is 51.0. The number of nitrogens with zero attached hydrogens (tertiary/aromatic N) is 4. The van der Waals surface area contributed by atoms with Crippen molar-refractivity contribution in [3.8, 4) is 0 Å². The smallest absolute Gasteiger partial charge is 0.0732 e. The Morgan fingerprint density at radius 2 is 0.672 bits per heavy atom. The van der Waals surface area contributed by atoms with Gasteiger partial charge < -0.3 is 0 Å². The van der Waals surface area contributed by atoms with Crippen molar-refractivity contribution in [2.75, 3.05) is 0 Å². The van der Waals surface area contributed by atoms with Gasteiger partial charge in [-0.2, -0.15) is 0 Å². The molecule has 24 bridgehead atoms. The van der Waals surface area contributed by atoms with Gasteiger partial charge in [0.2, 0.25) is 0 Å². The Morgan fingerprint density at radius 3 is 1.12 bits per heavy atom. The van der Waals surface area contributed by atoms with E-state index in [4.69, 9.17) is 20.0 Å². The summed E-state index contributed by atoms with van der Waals surface area (Å²) in [7, 11) is 0. The van der Waals surface area contributed by atoms with Crippen molar-refractivity contribution in [2.45, 2.75) is 128 Å². The predicted molar refractivity (Wildman–Crippen MR) is 257 cm³/mol. The molecular weight excluding hydrogens is 777 g/mol. The number of aliphatic imine (C=N–C) groups is 4. The van der Waals surface area contributed by atoms with E-state index in [1.165, 1.54) is 151 Å². The molecule has 0 aromatic heterocycles. The second kappa shape index (κ2) is 13.2. The first-order chi connectivity index (χ1) is 31.5. The molecule has 0 saturated heterocycles. The van der Waals surface area contributed by atoms with Crippen LogP contribution in [0.1, 0.15) is 128 Å². The van der Waals surface area contributed by atoms with E-state index < -0.39 is 0 Å². The Labute approximate surface area is 381 Å². The second-order valence-corrected chi connectivity index (χ2v) is 26.4. The van der Waals surface area contributed by atoms with Crippen molar-refractivity contribution >= 4 is 22.8 Å². The summed E-state index contributed by atoms with van der Waals surface area (Å²) in [6.45, 7) is 0. The van der Waals surface area contributed by atoms with Crippen molar-refractivity contribution in [1.29, 1.82) is 0 Å². The van der Waals surface area contributed by atoms with Crippen molar-refractivity contribution < 1.29 is 0 Å². The molecule has 4 heteroatoms. The van der Waals surface area contributed by atoms with E-state index in [0.29, 0.717) is 23.7 Å². The quantitative estimate of drug-likeness (QED) is 0.271. The molecule has 16 saturated carbocycles. The largest absolute Gasteiger partial charge is 0.249 e. The molecule has 16 fully saturated rings. The lowest BCUT2D eigenvalue weighted by Crippen LogP contribution is -2.49. The second-order valence-electron chi connectivity index (χ2n) is 26.4. The van der Waals surface area contributed by atoms with E-state index in [2.05, 4.69) is 48.6 Å². The van der Waals surface area contributed by atoms with Crippen LogP contribution in [0.2, 0.25) is 0 Å². The van der Waals surface area contributed by atoms with Crippen LogP contribution >= 0.6 is 0 Å². The highest BCUT2D eigenvalue weighted by Gasteiger charge is 2.59. The maximum absolute atomic E-state index is 6.47. The Morgan fingerprint density at radius 1 is 0.297 bits per heavy atom. The van der Waals surface area contributed by atoms with Gasteiger partial charge in [-0.3, -0.25) is 0 Å². The molecule has 0 atom stereocenters.